The molecular weight excluding hydrogens is 456 g/mol. The molecule has 0 unspecified atom stereocenters. The SMILES string of the molecule is O=C1C[C@H](c2cc3ccccc3nc2N2CCCCC2)c2cn(Cc3ccccc3)c3cccc(c23)N1. The minimum atomic E-state index is -0.0720. The lowest BCUT2D eigenvalue weighted by molar-refractivity contribution is -0.116. The van der Waals surface area contributed by atoms with Gasteiger partial charge < -0.3 is 14.8 Å². The summed E-state index contributed by atoms with van der Waals surface area (Å²) < 4.78 is 2.34. The zero-order valence-corrected chi connectivity index (χ0v) is 20.9. The van der Waals surface area contributed by atoms with Gasteiger partial charge in [0.15, 0.2) is 0 Å². The molecule has 5 heteroatoms. The number of para-hydroxylation sites is 1. The summed E-state index contributed by atoms with van der Waals surface area (Å²) in [6.07, 6.45) is 6.31. The van der Waals surface area contributed by atoms with Crippen molar-refractivity contribution in [2.45, 2.75) is 38.1 Å². The molecule has 1 fully saturated rings. The van der Waals surface area contributed by atoms with Crippen molar-refractivity contribution in [2.24, 2.45) is 0 Å². The molecule has 1 saturated heterocycles. The number of hydrogen-bond acceptors (Lipinski definition) is 3. The molecule has 184 valence electrons. The van der Waals surface area contributed by atoms with E-state index in [1.807, 2.05) is 12.1 Å². The fourth-order valence-electron chi connectivity index (χ4n) is 6.18. The summed E-state index contributed by atoms with van der Waals surface area (Å²) in [7, 11) is 0. The van der Waals surface area contributed by atoms with Gasteiger partial charge in [-0.25, -0.2) is 4.98 Å². The molecule has 5 nitrogen and oxygen atoms in total. The molecule has 5 aromatic rings. The highest BCUT2D eigenvalue weighted by Crippen LogP contribution is 2.44. The standard InChI is InChI=1S/C32H30N4O/c37-30-19-24(25-18-23-12-5-6-13-27(23)34-32(25)35-16-7-2-8-17-35)26-21-36(20-22-10-3-1-4-11-22)29-15-9-14-28(33-30)31(26)29/h1,3-6,9-15,18,21,24H,2,7-8,16-17,19-20H2,(H,33,37)/t24-/m1/s1. The lowest BCUT2D eigenvalue weighted by Gasteiger charge is -2.31. The van der Waals surface area contributed by atoms with Gasteiger partial charge in [0.1, 0.15) is 5.82 Å². The number of rotatable bonds is 4. The fourth-order valence-corrected chi connectivity index (χ4v) is 6.18. The van der Waals surface area contributed by atoms with Crippen molar-refractivity contribution in [3.8, 4) is 0 Å². The first kappa shape index (κ1) is 22.1. The predicted molar refractivity (Wildman–Crippen MR) is 150 cm³/mol. The van der Waals surface area contributed by atoms with Crippen LogP contribution in [0.1, 0.15) is 48.3 Å². The highest BCUT2D eigenvalue weighted by atomic mass is 16.1. The second-order valence-corrected chi connectivity index (χ2v) is 10.3. The number of nitrogens with one attached hydrogen (secondary N) is 1. The molecule has 2 aliphatic rings. The van der Waals surface area contributed by atoms with Crippen molar-refractivity contribution in [1.82, 2.24) is 9.55 Å². The summed E-state index contributed by atoms with van der Waals surface area (Å²) in [5, 5.41) is 5.48. The fraction of sp³-hybridized carbons (Fsp3) is 0.250. The van der Waals surface area contributed by atoms with Crippen LogP contribution in [-0.2, 0) is 11.3 Å². The first-order valence-corrected chi connectivity index (χ1v) is 13.3. The van der Waals surface area contributed by atoms with Crippen LogP contribution in [0.2, 0.25) is 0 Å². The number of nitrogens with zero attached hydrogens (tertiary/aromatic N) is 3. The molecule has 0 radical (unpaired) electrons. The Kier molecular flexibility index (Phi) is 5.42. The first-order chi connectivity index (χ1) is 18.2. The van der Waals surface area contributed by atoms with E-state index in [1.165, 1.54) is 30.4 Å². The lowest BCUT2D eigenvalue weighted by Crippen LogP contribution is -2.31. The van der Waals surface area contributed by atoms with Gasteiger partial charge in [0.25, 0.3) is 0 Å². The van der Waals surface area contributed by atoms with E-state index in [1.54, 1.807) is 0 Å². The molecule has 1 N–H and O–H groups in total. The van der Waals surface area contributed by atoms with Crippen molar-refractivity contribution in [3.05, 3.63) is 102 Å². The highest BCUT2D eigenvalue weighted by molar-refractivity contribution is 6.06. The average molecular weight is 487 g/mol. The third-order valence-electron chi connectivity index (χ3n) is 7.93. The molecular formula is C32H30N4O. The number of carbonyl (C=O) groups excluding carboxylic acids is 1. The molecule has 7 rings (SSSR count). The minimum absolute atomic E-state index is 0.0565. The van der Waals surface area contributed by atoms with Crippen LogP contribution < -0.4 is 10.2 Å². The molecule has 2 aromatic heterocycles. The van der Waals surface area contributed by atoms with Crippen molar-refractivity contribution >= 4 is 39.2 Å². The summed E-state index contributed by atoms with van der Waals surface area (Å²) in [5.74, 6) is 1.03. The average Bonchev–Trinajstić information content (AvgIpc) is 3.23. The lowest BCUT2D eigenvalue weighted by atomic mass is 9.87. The molecule has 0 spiro atoms. The van der Waals surface area contributed by atoms with Gasteiger partial charge in [-0.3, -0.25) is 4.79 Å². The Morgan fingerprint density at radius 2 is 1.68 bits per heavy atom. The van der Waals surface area contributed by atoms with Gasteiger partial charge in [-0.2, -0.15) is 0 Å². The molecule has 0 saturated carbocycles. The van der Waals surface area contributed by atoms with Crippen LogP contribution in [0.4, 0.5) is 11.5 Å². The Labute approximate surface area is 216 Å². The monoisotopic (exact) mass is 486 g/mol. The molecule has 0 aliphatic carbocycles. The maximum atomic E-state index is 13.2. The molecule has 3 aromatic carbocycles. The van der Waals surface area contributed by atoms with Gasteiger partial charge in [0, 0.05) is 54.5 Å². The van der Waals surface area contributed by atoms with Gasteiger partial charge in [-0.1, -0.05) is 54.6 Å². The predicted octanol–water partition coefficient (Wildman–Crippen LogP) is 6.70. The minimum Gasteiger partial charge on any atom is -0.356 e. The Hall–Kier alpha value is -4.12. The number of aromatic nitrogens is 2. The van der Waals surface area contributed by atoms with Crippen LogP contribution in [0, 0.1) is 0 Å². The van der Waals surface area contributed by atoms with E-state index in [0.717, 1.165) is 58.5 Å². The van der Waals surface area contributed by atoms with Crippen LogP contribution in [0.15, 0.2) is 85.1 Å². The molecule has 1 atom stereocenters. The quantitative estimate of drug-likeness (QED) is 0.307. The van der Waals surface area contributed by atoms with E-state index in [0.29, 0.717) is 6.42 Å². The topological polar surface area (TPSA) is 50.2 Å². The van der Waals surface area contributed by atoms with Crippen LogP contribution >= 0.6 is 0 Å². The number of anilines is 2. The van der Waals surface area contributed by atoms with Crippen molar-refractivity contribution in [1.29, 1.82) is 0 Å². The highest BCUT2D eigenvalue weighted by Gasteiger charge is 2.31. The van der Waals surface area contributed by atoms with E-state index in [-0.39, 0.29) is 11.8 Å². The van der Waals surface area contributed by atoms with E-state index < -0.39 is 0 Å². The second kappa shape index (κ2) is 9.07. The molecule has 2 aliphatic heterocycles. The molecule has 0 bridgehead atoms. The second-order valence-electron chi connectivity index (χ2n) is 10.3. The Morgan fingerprint density at radius 3 is 2.54 bits per heavy atom. The number of amides is 1. The van der Waals surface area contributed by atoms with Gasteiger partial charge in [0.2, 0.25) is 5.91 Å². The third kappa shape index (κ3) is 3.95. The van der Waals surface area contributed by atoms with Crippen LogP contribution in [-0.4, -0.2) is 28.5 Å². The Bertz CT molecular complexity index is 1610. The summed E-state index contributed by atoms with van der Waals surface area (Å²) in [6, 6.07) is 27.4. The van der Waals surface area contributed by atoms with E-state index in [4.69, 9.17) is 4.98 Å². The maximum Gasteiger partial charge on any atom is 0.225 e. The van der Waals surface area contributed by atoms with E-state index in [9.17, 15) is 4.79 Å². The van der Waals surface area contributed by atoms with Crippen molar-refractivity contribution in [3.63, 3.8) is 0 Å². The van der Waals surface area contributed by atoms with Gasteiger partial charge >= 0.3 is 0 Å². The summed E-state index contributed by atoms with van der Waals surface area (Å²) in [4.78, 5) is 20.9. The number of benzene rings is 3. The van der Waals surface area contributed by atoms with Gasteiger partial charge in [0.05, 0.1) is 16.7 Å². The third-order valence-corrected chi connectivity index (χ3v) is 7.93. The zero-order chi connectivity index (χ0) is 24.8. The largest absolute Gasteiger partial charge is 0.356 e. The normalized spacial score (nSPS) is 17.7. The molecule has 37 heavy (non-hydrogen) atoms. The summed E-state index contributed by atoms with van der Waals surface area (Å²) >= 11 is 0. The number of hydrogen-bond donors (Lipinski definition) is 1. The maximum absolute atomic E-state index is 13.2. The first-order valence-electron chi connectivity index (χ1n) is 13.3. The number of pyridine rings is 1. The molecule has 4 heterocycles. The number of fused-ring (bicyclic) bond motifs is 1. The van der Waals surface area contributed by atoms with Crippen LogP contribution in [0.3, 0.4) is 0 Å². The van der Waals surface area contributed by atoms with Gasteiger partial charge in [-0.05, 0) is 54.7 Å². The Morgan fingerprint density at radius 1 is 0.865 bits per heavy atom. The zero-order valence-electron chi connectivity index (χ0n) is 20.9. The van der Waals surface area contributed by atoms with Crippen molar-refractivity contribution < 1.29 is 4.79 Å². The summed E-state index contributed by atoms with van der Waals surface area (Å²) in [6.45, 7) is 2.81. The van der Waals surface area contributed by atoms with E-state index >= 15 is 0 Å². The summed E-state index contributed by atoms with van der Waals surface area (Å²) in [5.41, 5.74) is 6.69. The van der Waals surface area contributed by atoms with Gasteiger partial charge in [-0.15, -0.1) is 0 Å². The molecule has 1 amide bonds. The smallest absolute Gasteiger partial charge is 0.225 e. The number of piperidine rings is 1. The number of carbonyl (C=O) groups is 1. The van der Waals surface area contributed by atoms with Crippen LogP contribution in [0.5, 0.6) is 0 Å². The van der Waals surface area contributed by atoms with E-state index in [2.05, 4.69) is 87.7 Å². The van der Waals surface area contributed by atoms with Crippen molar-refractivity contribution in [2.75, 3.05) is 23.3 Å². The van der Waals surface area contributed by atoms with Crippen LogP contribution in [0.25, 0.3) is 21.8 Å². The Balaban J connectivity index is 1.44.